The summed E-state index contributed by atoms with van der Waals surface area (Å²) < 4.78 is 5.55. The number of H-pyrrole nitrogens is 1. The molecular weight excluding hydrogens is 346 g/mol. The number of aromatic amines is 1. The minimum Gasteiger partial charge on any atom is -0.508 e. The van der Waals surface area contributed by atoms with Gasteiger partial charge in [0, 0.05) is 28.1 Å². The number of benzene rings is 2. The van der Waals surface area contributed by atoms with Gasteiger partial charge in [-0.15, -0.1) is 0 Å². The van der Waals surface area contributed by atoms with E-state index in [1.165, 1.54) is 0 Å². The van der Waals surface area contributed by atoms with Crippen LogP contribution in [-0.4, -0.2) is 45.4 Å². The van der Waals surface area contributed by atoms with Gasteiger partial charge in [-0.25, -0.2) is 0 Å². The van der Waals surface area contributed by atoms with Crippen molar-refractivity contribution >= 4 is 16.7 Å². The summed E-state index contributed by atoms with van der Waals surface area (Å²) in [7, 11) is 0. The van der Waals surface area contributed by atoms with Gasteiger partial charge in [-0.05, 0) is 35.9 Å². The highest BCUT2D eigenvalue weighted by atomic mass is 16.5. The third kappa shape index (κ3) is 2.69. The Labute approximate surface area is 156 Å². The summed E-state index contributed by atoms with van der Waals surface area (Å²) in [4.78, 5) is 16.5. The highest BCUT2D eigenvalue weighted by molar-refractivity contribution is 6.20. The summed E-state index contributed by atoms with van der Waals surface area (Å²) in [5, 5.41) is 29.0. The number of carbonyl (C=O) groups is 1. The van der Waals surface area contributed by atoms with Gasteiger partial charge in [0.25, 0.3) is 0 Å². The van der Waals surface area contributed by atoms with Crippen LogP contribution in [0, 0.1) is 0 Å². The Bertz CT molecular complexity index is 1050. The lowest BCUT2D eigenvalue weighted by atomic mass is 9.71. The second kappa shape index (κ2) is 6.11. The van der Waals surface area contributed by atoms with E-state index in [-0.39, 0.29) is 24.7 Å². The molecule has 1 aromatic heterocycles. The van der Waals surface area contributed by atoms with E-state index in [2.05, 4.69) is 4.98 Å². The van der Waals surface area contributed by atoms with Gasteiger partial charge >= 0.3 is 0 Å². The number of nitrogens with one attached hydrogen (secondary N) is 1. The molecule has 0 saturated carbocycles. The van der Waals surface area contributed by atoms with E-state index in [1.807, 2.05) is 19.9 Å². The number of aromatic hydroxyl groups is 1. The minimum absolute atomic E-state index is 0.0272. The molecule has 0 radical (unpaired) electrons. The number of aliphatic hydroxyl groups excluding tert-OH is 2. The maximum Gasteiger partial charge on any atom is 0.195 e. The van der Waals surface area contributed by atoms with Gasteiger partial charge < -0.3 is 25.0 Å². The van der Waals surface area contributed by atoms with Crippen LogP contribution in [-0.2, 0) is 5.41 Å². The minimum atomic E-state index is -0.955. The predicted molar refractivity (Wildman–Crippen MR) is 101 cm³/mol. The number of phenols is 1. The number of hydrogen-bond acceptors (Lipinski definition) is 5. The van der Waals surface area contributed by atoms with Crippen LogP contribution in [0.3, 0.4) is 0 Å². The lowest BCUT2D eigenvalue weighted by molar-refractivity contribution is 0.0535. The Kier molecular flexibility index (Phi) is 3.98. The van der Waals surface area contributed by atoms with Crippen molar-refractivity contribution in [3.8, 4) is 11.5 Å². The third-order valence-corrected chi connectivity index (χ3v) is 5.20. The molecule has 4 rings (SSSR count). The zero-order valence-corrected chi connectivity index (χ0v) is 15.1. The number of carbonyl (C=O) groups excluding carboxylic acids is 1. The second-order valence-electron chi connectivity index (χ2n) is 7.41. The van der Waals surface area contributed by atoms with Crippen molar-refractivity contribution in [2.24, 2.45) is 0 Å². The molecule has 0 fully saturated rings. The number of rotatable bonds is 4. The third-order valence-electron chi connectivity index (χ3n) is 5.20. The molecule has 140 valence electrons. The smallest absolute Gasteiger partial charge is 0.195 e. The Hall–Kier alpha value is -2.83. The lowest BCUT2D eigenvalue weighted by Crippen LogP contribution is -2.30. The van der Waals surface area contributed by atoms with Crippen LogP contribution in [0.1, 0.15) is 41.0 Å². The molecule has 1 aliphatic carbocycles. The van der Waals surface area contributed by atoms with Crippen molar-refractivity contribution in [1.29, 1.82) is 0 Å². The van der Waals surface area contributed by atoms with Crippen molar-refractivity contribution in [3.63, 3.8) is 0 Å². The number of fused-ring (bicyclic) bond motifs is 4. The summed E-state index contributed by atoms with van der Waals surface area (Å²) >= 11 is 0. The van der Waals surface area contributed by atoms with E-state index in [9.17, 15) is 15.0 Å². The Morgan fingerprint density at radius 1 is 1.19 bits per heavy atom. The first kappa shape index (κ1) is 17.6. The quantitative estimate of drug-likeness (QED) is 0.567. The maximum atomic E-state index is 13.2. The zero-order chi connectivity index (χ0) is 19.3. The molecule has 2 aromatic carbocycles. The monoisotopic (exact) mass is 367 g/mol. The topological polar surface area (TPSA) is 103 Å². The molecule has 27 heavy (non-hydrogen) atoms. The molecule has 1 aliphatic rings. The number of ether oxygens (including phenoxy) is 1. The average Bonchev–Trinajstić information content (AvgIpc) is 3.04. The standard InChI is InChI=1S/C21H21NO5/c1-21(2)16-8-13(27-10-12(25)9-23)4-6-14(16)19(26)18-15-5-3-11(24)7-17(15)22-20(18)21/h3-8,12,22-25H,9-10H2,1-2H3/t12-/m1/s1. The Morgan fingerprint density at radius 2 is 1.96 bits per heavy atom. The largest absolute Gasteiger partial charge is 0.508 e. The number of ketones is 1. The summed E-state index contributed by atoms with van der Waals surface area (Å²) in [6.45, 7) is 3.65. The van der Waals surface area contributed by atoms with Gasteiger partial charge in [-0.2, -0.15) is 0 Å². The van der Waals surface area contributed by atoms with Crippen LogP contribution in [0.5, 0.6) is 11.5 Å². The van der Waals surface area contributed by atoms with Crippen molar-refractivity contribution in [2.45, 2.75) is 25.4 Å². The normalized spacial score (nSPS) is 16.1. The molecule has 1 heterocycles. The summed E-state index contributed by atoms with van der Waals surface area (Å²) in [6, 6.07) is 10.2. The van der Waals surface area contributed by atoms with Crippen molar-refractivity contribution in [1.82, 2.24) is 4.98 Å². The first-order valence-electron chi connectivity index (χ1n) is 8.79. The van der Waals surface area contributed by atoms with E-state index < -0.39 is 11.5 Å². The van der Waals surface area contributed by atoms with Crippen LogP contribution >= 0.6 is 0 Å². The summed E-state index contributed by atoms with van der Waals surface area (Å²) in [5.74, 6) is 0.597. The molecule has 0 aliphatic heterocycles. The lowest BCUT2D eigenvalue weighted by Gasteiger charge is -2.32. The first-order chi connectivity index (χ1) is 12.8. The molecule has 0 spiro atoms. The van der Waals surface area contributed by atoms with E-state index in [0.29, 0.717) is 16.9 Å². The van der Waals surface area contributed by atoms with Gasteiger partial charge in [-0.1, -0.05) is 13.8 Å². The zero-order valence-electron chi connectivity index (χ0n) is 15.1. The van der Waals surface area contributed by atoms with E-state index in [1.54, 1.807) is 30.3 Å². The number of hydrogen-bond donors (Lipinski definition) is 4. The van der Waals surface area contributed by atoms with Crippen molar-refractivity contribution < 1.29 is 24.9 Å². The molecule has 3 aromatic rings. The van der Waals surface area contributed by atoms with Crippen LogP contribution in [0.15, 0.2) is 36.4 Å². The average molecular weight is 367 g/mol. The predicted octanol–water partition coefficient (Wildman–Crippen LogP) is 2.48. The molecule has 0 saturated heterocycles. The first-order valence-corrected chi connectivity index (χ1v) is 8.79. The van der Waals surface area contributed by atoms with E-state index in [0.717, 1.165) is 22.2 Å². The fourth-order valence-corrected chi connectivity index (χ4v) is 3.73. The van der Waals surface area contributed by atoms with E-state index in [4.69, 9.17) is 9.84 Å². The Morgan fingerprint density at radius 3 is 2.70 bits per heavy atom. The molecular formula is C21H21NO5. The van der Waals surface area contributed by atoms with Gasteiger partial charge in [0.05, 0.1) is 17.7 Å². The Balaban J connectivity index is 1.83. The number of aliphatic hydroxyl groups is 2. The second-order valence-corrected chi connectivity index (χ2v) is 7.41. The van der Waals surface area contributed by atoms with Gasteiger partial charge in [0.2, 0.25) is 0 Å². The molecule has 4 N–H and O–H groups in total. The van der Waals surface area contributed by atoms with Crippen LogP contribution < -0.4 is 4.74 Å². The fraction of sp³-hybridized carbons (Fsp3) is 0.286. The highest BCUT2D eigenvalue weighted by Crippen LogP contribution is 2.44. The highest BCUT2D eigenvalue weighted by Gasteiger charge is 2.39. The molecule has 0 amide bonds. The molecule has 1 atom stereocenters. The van der Waals surface area contributed by atoms with Crippen LogP contribution in [0.2, 0.25) is 0 Å². The van der Waals surface area contributed by atoms with Crippen LogP contribution in [0.4, 0.5) is 0 Å². The fourth-order valence-electron chi connectivity index (χ4n) is 3.73. The molecule has 6 nitrogen and oxygen atoms in total. The molecule has 6 heteroatoms. The SMILES string of the molecule is CC1(C)c2cc(OC[C@H](O)CO)ccc2C(=O)c2c1[nH]c1cc(O)ccc21. The van der Waals surface area contributed by atoms with E-state index >= 15 is 0 Å². The number of phenolic OH excluding ortho intramolecular Hbond substituents is 1. The van der Waals surface area contributed by atoms with Crippen molar-refractivity contribution in [2.75, 3.05) is 13.2 Å². The summed E-state index contributed by atoms with van der Waals surface area (Å²) in [6.07, 6.45) is -0.955. The summed E-state index contributed by atoms with van der Waals surface area (Å²) in [5.41, 5.74) is 3.10. The van der Waals surface area contributed by atoms with Crippen LogP contribution in [0.25, 0.3) is 10.9 Å². The van der Waals surface area contributed by atoms with Gasteiger partial charge in [0.15, 0.2) is 5.78 Å². The van der Waals surface area contributed by atoms with Gasteiger partial charge in [-0.3, -0.25) is 4.79 Å². The van der Waals surface area contributed by atoms with Gasteiger partial charge in [0.1, 0.15) is 24.2 Å². The van der Waals surface area contributed by atoms with Crippen molar-refractivity contribution in [3.05, 3.63) is 58.8 Å². The maximum absolute atomic E-state index is 13.2. The molecule has 0 unspecified atom stereocenters. The number of aromatic nitrogens is 1. The molecule has 0 bridgehead atoms.